The molecule has 1 aliphatic rings. The van der Waals surface area contributed by atoms with Gasteiger partial charge in [0.1, 0.15) is 5.75 Å². The summed E-state index contributed by atoms with van der Waals surface area (Å²) in [4.78, 5) is 23.4. The minimum Gasteiger partial charge on any atom is -0.495 e. The lowest BCUT2D eigenvalue weighted by atomic mass is 9.95. The van der Waals surface area contributed by atoms with Crippen molar-refractivity contribution < 1.29 is 19.4 Å². The maximum Gasteiger partial charge on any atom is 0.307 e. The van der Waals surface area contributed by atoms with Gasteiger partial charge in [-0.3, -0.25) is 9.59 Å². The molecule has 1 amide bonds. The van der Waals surface area contributed by atoms with Gasteiger partial charge in [-0.1, -0.05) is 18.0 Å². The molecule has 0 saturated heterocycles. The summed E-state index contributed by atoms with van der Waals surface area (Å²) in [5, 5.41) is 12.3. The number of amides is 1. The quantitative estimate of drug-likeness (QED) is 0.896. The van der Waals surface area contributed by atoms with E-state index >= 15 is 0 Å². The Hall–Kier alpha value is -1.75. The van der Waals surface area contributed by atoms with E-state index in [1.807, 2.05) is 0 Å². The Kier molecular flexibility index (Phi) is 4.49. The first-order valence-electron chi connectivity index (χ1n) is 6.40. The number of benzene rings is 1. The van der Waals surface area contributed by atoms with Gasteiger partial charge in [-0.25, -0.2) is 0 Å². The number of hydrogen-bond donors (Lipinski definition) is 2. The van der Waals surface area contributed by atoms with Gasteiger partial charge in [0.25, 0.3) is 0 Å². The van der Waals surface area contributed by atoms with E-state index in [1.165, 1.54) is 7.11 Å². The number of aliphatic carboxylic acids is 1. The molecule has 0 radical (unpaired) electrons. The normalized spacial score (nSPS) is 21.5. The van der Waals surface area contributed by atoms with Gasteiger partial charge >= 0.3 is 5.97 Å². The fourth-order valence-corrected chi connectivity index (χ4v) is 2.74. The summed E-state index contributed by atoms with van der Waals surface area (Å²) >= 11 is 5.90. The molecule has 108 valence electrons. The van der Waals surface area contributed by atoms with Crippen LogP contribution in [0.4, 0.5) is 5.69 Å². The molecule has 2 rings (SSSR count). The maximum absolute atomic E-state index is 12.2. The van der Waals surface area contributed by atoms with Crippen LogP contribution >= 0.6 is 11.6 Å². The molecule has 20 heavy (non-hydrogen) atoms. The predicted molar refractivity (Wildman–Crippen MR) is 75.1 cm³/mol. The molecule has 0 heterocycles. The van der Waals surface area contributed by atoms with E-state index < -0.39 is 17.8 Å². The van der Waals surface area contributed by atoms with Gasteiger partial charge in [0, 0.05) is 5.02 Å². The van der Waals surface area contributed by atoms with E-state index in [4.69, 9.17) is 21.4 Å². The third-order valence-corrected chi connectivity index (χ3v) is 3.82. The first kappa shape index (κ1) is 14.7. The summed E-state index contributed by atoms with van der Waals surface area (Å²) < 4.78 is 5.15. The number of ether oxygens (including phenoxy) is 1. The number of halogens is 1. The smallest absolute Gasteiger partial charge is 0.307 e. The Balaban J connectivity index is 2.15. The highest BCUT2D eigenvalue weighted by atomic mass is 35.5. The number of carboxylic acid groups (broad SMARTS) is 1. The molecule has 2 atom stereocenters. The lowest BCUT2D eigenvalue weighted by Gasteiger charge is -2.17. The fourth-order valence-electron chi connectivity index (χ4n) is 2.57. The van der Waals surface area contributed by atoms with Crippen molar-refractivity contribution in [2.24, 2.45) is 11.8 Å². The van der Waals surface area contributed by atoms with Gasteiger partial charge in [-0.05, 0) is 31.0 Å². The van der Waals surface area contributed by atoms with E-state index in [9.17, 15) is 9.59 Å². The number of carbonyl (C=O) groups excluding carboxylic acids is 1. The highest BCUT2D eigenvalue weighted by molar-refractivity contribution is 6.31. The zero-order valence-corrected chi connectivity index (χ0v) is 11.8. The SMILES string of the molecule is COc1ccc(Cl)cc1NC(=O)C1CCCC1C(=O)O. The van der Waals surface area contributed by atoms with Crippen molar-refractivity contribution in [3.05, 3.63) is 23.2 Å². The monoisotopic (exact) mass is 297 g/mol. The van der Waals surface area contributed by atoms with E-state index in [0.717, 1.165) is 6.42 Å². The van der Waals surface area contributed by atoms with E-state index in [0.29, 0.717) is 29.3 Å². The van der Waals surface area contributed by atoms with Crippen LogP contribution in [0.15, 0.2) is 18.2 Å². The summed E-state index contributed by atoms with van der Waals surface area (Å²) in [6, 6.07) is 4.90. The molecule has 1 aliphatic carbocycles. The minimum atomic E-state index is -0.916. The molecule has 2 N–H and O–H groups in total. The Morgan fingerprint density at radius 2 is 2.05 bits per heavy atom. The topological polar surface area (TPSA) is 75.6 Å². The molecule has 1 saturated carbocycles. The zero-order valence-electron chi connectivity index (χ0n) is 11.1. The molecular weight excluding hydrogens is 282 g/mol. The van der Waals surface area contributed by atoms with Gasteiger partial charge in [-0.2, -0.15) is 0 Å². The van der Waals surface area contributed by atoms with E-state index in [-0.39, 0.29) is 5.91 Å². The van der Waals surface area contributed by atoms with Gasteiger partial charge in [0.15, 0.2) is 0 Å². The van der Waals surface area contributed by atoms with Crippen LogP contribution in [0, 0.1) is 11.8 Å². The van der Waals surface area contributed by atoms with Crippen LogP contribution in [0.1, 0.15) is 19.3 Å². The second-order valence-corrected chi connectivity index (χ2v) is 5.25. The lowest BCUT2D eigenvalue weighted by molar-refractivity contribution is -0.145. The van der Waals surface area contributed by atoms with E-state index in [1.54, 1.807) is 18.2 Å². The van der Waals surface area contributed by atoms with Gasteiger partial charge in [0.05, 0.1) is 24.6 Å². The second kappa shape index (κ2) is 6.13. The molecule has 5 nitrogen and oxygen atoms in total. The Morgan fingerprint density at radius 1 is 1.35 bits per heavy atom. The van der Waals surface area contributed by atoms with Crippen LogP contribution in [0.5, 0.6) is 5.75 Å². The van der Waals surface area contributed by atoms with Gasteiger partial charge in [0.2, 0.25) is 5.91 Å². The minimum absolute atomic E-state index is 0.296. The molecular formula is C14H16ClNO4. The Labute approximate surface area is 121 Å². The van der Waals surface area contributed by atoms with Crippen molar-refractivity contribution in [1.82, 2.24) is 0 Å². The molecule has 0 bridgehead atoms. The van der Waals surface area contributed by atoms with Gasteiger partial charge < -0.3 is 15.2 Å². The molecule has 1 fully saturated rings. The second-order valence-electron chi connectivity index (χ2n) is 4.82. The number of nitrogens with one attached hydrogen (secondary N) is 1. The number of carboxylic acids is 1. The molecule has 1 aromatic carbocycles. The van der Waals surface area contributed by atoms with Crippen molar-refractivity contribution in [3.8, 4) is 5.75 Å². The number of anilines is 1. The summed E-state index contributed by atoms with van der Waals surface area (Å²) in [5.74, 6) is -1.83. The summed E-state index contributed by atoms with van der Waals surface area (Å²) in [5.41, 5.74) is 0.459. The highest BCUT2D eigenvalue weighted by Gasteiger charge is 2.37. The number of hydrogen-bond acceptors (Lipinski definition) is 3. The predicted octanol–water partition coefficient (Wildman–Crippen LogP) is 2.79. The zero-order chi connectivity index (χ0) is 14.7. The molecule has 0 aromatic heterocycles. The van der Waals surface area contributed by atoms with Crippen molar-refractivity contribution in [2.75, 3.05) is 12.4 Å². The largest absolute Gasteiger partial charge is 0.495 e. The number of methoxy groups -OCH3 is 1. The third kappa shape index (κ3) is 3.04. The van der Waals surface area contributed by atoms with Crippen molar-refractivity contribution >= 4 is 29.2 Å². The molecule has 2 unspecified atom stereocenters. The highest BCUT2D eigenvalue weighted by Crippen LogP contribution is 2.34. The van der Waals surface area contributed by atoms with E-state index in [2.05, 4.69) is 5.32 Å². The van der Waals surface area contributed by atoms with Crippen LogP contribution in [-0.2, 0) is 9.59 Å². The number of rotatable bonds is 4. The van der Waals surface area contributed by atoms with Crippen LogP contribution < -0.4 is 10.1 Å². The standard InChI is InChI=1S/C14H16ClNO4/c1-20-12-6-5-8(15)7-11(12)16-13(17)9-3-2-4-10(9)14(18)19/h5-7,9-10H,2-4H2,1H3,(H,16,17)(H,18,19). The molecule has 6 heteroatoms. The summed E-state index contributed by atoms with van der Waals surface area (Å²) in [6.07, 6.45) is 1.88. The lowest BCUT2D eigenvalue weighted by Crippen LogP contribution is -2.30. The Bertz CT molecular complexity index is 532. The molecule has 1 aromatic rings. The molecule has 0 aliphatic heterocycles. The van der Waals surface area contributed by atoms with Gasteiger partial charge in [-0.15, -0.1) is 0 Å². The van der Waals surface area contributed by atoms with Crippen molar-refractivity contribution in [1.29, 1.82) is 0 Å². The van der Waals surface area contributed by atoms with Crippen LogP contribution in [-0.4, -0.2) is 24.1 Å². The Morgan fingerprint density at radius 3 is 2.70 bits per heavy atom. The third-order valence-electron chi connectivity index (χ3n) is 3.59. The van der Waals surface area contributed by atoms with Crippen molar-refractivity contribution in [2.45, 2.75) is 19.3 Å². The maximum atomic E-state index is 12.2. The number of carbonyl (C=O) groups is 2. The average Bonchev–Trinajstić information content (AvgIpc) is 2.88. The first-order chi connectivity index (χ1) is 9.52. The summed E-state index contributed by atoms with van der Waals surface area (Å²) in [6.45, 7) is 0. The van der Waals surface area contributed by atoms with Crippen molar-refractivity contribution in [3.63, 3.8) is 0 Å². The molecule has 0 spiro atoms. The van der Waals surface area contributed by atoms with Crippen LogP contribution in [0.25, 0.3) is 0 Å². The summed E-state index contributed by atoms with van der Waals surface area (Å²) in [7, 11) is 1.49. The first-order valence-corrected chi connectivity index (χ1v) is 6.78. The average molecular weight is 298 g/mol. The van der Waals surface area contributed by atoms with Crippen LogP contribution in [0.2, 0.25) is 5.02 Å². The van der Waals surface area contributed by atoms with Crippen LogP contribution in [0.3, 0.4) is 0 Å². The fraction of sp³-hybridized carbons (Fsp3) is 0.429.